The summed E-state index contributed by atoms with van der Waals surface area (Å²) >= 11 is 0. The molecular weight excluding hydrogens is 455 g/mol. The van der Waals surface area contributed by atoms with Gasteiger partial charge in [0.05, 0.1) is 17.0 Å². The van der Waals surface area contributed by atoms with Crippen molar-refractivity contribution in [1.82, 2.24) is 15.1 Å². The van der Waals surface area contributed by atoms with E-state index in [1.807, 2.05) is 16.7 Å². The van der Waals surface area contributed by atoms with E-state index in [-0.39, 0.29) is 35.6 Å². The number of hydrogen-bond donors (Lipinski definition) is 1. The molecule has 9 heteroatoms. The lowest BCUT2D eigenvalue weighted by Crippen LogP contribution is -2.57. The Morgan fingerprint density at radius 1 is 1.16 bits per heavy atom. The zero-order valence-corrected chi connectivity index (χ0v) is 18.6. The van der Waals surface area contributed by atoms with Crippen LogP contribution in [0.4, 0.5) is 0 Å². The van der Waals surface area contributed by atoms with Crippen LogP contribution in [0.5, 0.6) is 0 Å². The summed E-state index contributed by atoms with van der Waals surface area (Å²) in [5.41, 5.74) is 0. The molecule has 2 heterocycles. The van der Waals surface area contributed by atoms with Gasteiger partial charge < -0.3 is 15.1 Å². The smallest absolute Gasteiger partial charge is 0.224 e. The van der Waals surface area contributed by atoms with Crippen LogP contribution < -0.4 is 5.32 Å². The fourth-order valence-electron chi connectivity index (χ4n) is 3.13. The summed E-state index contributed by atoms with van der Waals surface area (Å²) < 4.78 is 23.5. The minimum Gasteiger partial charge on any atom is -0.357 e. The second-order valence-corrected chi connectivity index (χ2v) is 9.82. The van der Waals surface area contributed by atoms with E-state index in [1.165, 1.54) is 0 Å². The van der Waals surface area contributed by atoms with Crippen LogP contribution in [0.2, 0.25) is 0 Å². The average molecular weight is 486 g/mol. The van der Waals surface area contributed by atoms with E-state index in [0.29, 0.717) is 38.6 Å². The predicted octanol–water partition coefficient (Wildman–Crippen LogP) is 1.09. The molecule has 2 saturated heterocycles. The number of rotatable bonds is 4. The lowest BCUT2D eigenvalue weighted by Gasteiger charge is -2.39. The molecule has 0 spiro atoms. The largest absolute Gasteiger partial charge is 0.357 e. The van der Waals surface area contributed by atoms with Crippen LogP contribution in [0.3, 0.4) is 0 Å². The quantitative estimate of drug-likeness (QED) is 0.366. The Kier molecular flexibility index (Phi) is 8.43. The van der Waals surface area contributed by atoms with Gasteiger partial charge >= 0.3 is 0 Å². The molecule has 2 aliphatic heterocycles. The molecule has 1 N–H and O–H groups in total. The monoisotopic (exact) mass is 486 g/mol. The summed E-state index contributed by atoms with van der Waals surface area (Å²) in [6.07, 6.45) is 2.59. The van der Waals surface area contributed by atoms with Crippen molar-refractivity contribution < 1.29 is 13.2 Å². The summed E-state index contributed by atoms with van der Waals surface area (Å²) in [7, 11) is -3.07. The Bertz CT molecular complexity index is 586. The Hall–Kier alpha value is -0.580. The van der Waals surface area contributed by atoms with E-state index in [9.17, 15) is 13.2 Å². The molecule has 0 radical (unpaired) electrons. The highest BCUT2D eigenvalue weighted by Gasteiger charge is 2.40. The Morgan fingerprint density at radius 3 is 2.36 bits per heavy atom. The molecule has 0 aromatic carbocycles. The highest BCUT2D eigenvalue weighted by Crippen LogP contribution is 2.23. The Labute approximate surface area is 168 Å². The first-order chi connectivity index (χ1) is 11.3. The van der Waals surface area contributed by atoms with Crippen LogP contribution in [-0.2, 0) is 14.6 Å². The van der Waals surface area contributed by atoms with Crippen LogP contribution in [0.1, 0.15) is 40.0 Å². The maximum atomic E-state index is 12.1. The number of hydrogen-bond acceptors (Lipinski definition) is 4. The van der Waals surface area contributed by atoms with Crippen molar-refractivity contribution in [1.29, 1.82) is 0 Å². The van der Waals surface area contributed by atoms with Gasteiger partial charge in [-0.15, -0.1) is 24.0 Å². The lowest BCUT2D eigenvalue weighted by molar-refractivity contribution is -0.129. The van der Waals surface area contributed by atoms with Gasteiger partial charge in [-0.1, -0.05) is 0 Å². The molecule has 0 saturated carbocycles. The second kappa shape index (κ2) is 9.38. The normalized spacial score (nSPS) is 22.4. The summed E-state index contributed by atoms with van der Waals surface area (Å²) in [6.45, 7) is 9.23. The van der Waals surface area contributed by atoms with E-state index in [1.54, 1.807) is 13.8 Å². The molecule has 2 aliphatic rings. The van der Waals surface area contributed by atoms with E-state index in [0.717, 1.165) is 25.9 Å². The molecule has 1 amide bonds. The second-order valence-electron chi connectivity index (χ2n) is 7.07. The molecule has 0 aromatic rings. The third-order valence-corrected chi connectivity index (χ3v) is 7.26. The summed E-state index contributed by atoms with van der Waals surface area (Å²) in [4.78, 5) is 20.5. The molecule has 25 heavy (non-hydrogen) atoms. The zero-order chi connectivity index (χ0) is 17.8. The highest BCUT2D eigenvalue weighted by molar-refractivity contribution is 14.0. The van der Waals surface area contributed by atoms with Gasteiger partial charge in [0, 0.05) is 39.1 Å². The maximum absolute atomic E-state index is 12.1. The summed E-state index contributed by atoms with van der Waals surface area (Å²) in [6, 6.07) is 0. The number of guanidine groups is 1. The molecule has 0 bridgehead atoms. The Morgan fingerprint density at radius 2 is 1.80 bits per heavy atom. The van der Waals surface area contributed by atoms with Gasteiger partial charge in [-0.05, 0) is 33.6 Å². The standard InChI is InChI=1S/C16H30N4O3S.HI/c1-4-17-15(18-8-7-14(21)19-9-5-6-10-19)20-11-12-24(22,23)16(2,3)13-20;/h4-13H2,1-3H3,(H,17,18);1H. The fourth-order valence-corrected chi connectivity index (χ4v) is 4.50. The van der Waals surface area contributed by atoms with E-state index >= 15 is 0 Å². The van der Waals surface area contributed by atoms with Gasteiger partial charge in [-0.2, -0.15) is 0 Å². The number of carbonyl (C=O) groups excluding carboxylic acids is 1. The van der Waals surface area contributed by atoms with Crippen LogP contribution >= 0.6 is 24.0 Å². The van der Waals surface area contributed by atoms with Gasteiger partial charge in [0.15, 0.2) is 15.8 Å². The number of halogens is 1. The minimum atomic E-state index is -3.07. The third-order valence-electron chi connectivity index (χ3n) is 4.72. The van der Waals surface area contributed by atoms with Crippen molar-refractivity contribution in [3.63, 3.8) is 0 Å². The SMILES string of the molecule is CCNC(=NCCC(=O)N1CCCC1)N1CCS(=O)(=O)C(C)(C)C1.I. The molecular formula is C16H31IN4O3S. The number of nitrogens with one attached hydrogen (secondary N) is 1. The van der Waals surface area contributed by atoms with Gasteiger partial charge in [0.2, 0.25) is 5.91 Å². The molecule has 2 fully saturated rings. The molecule has 7 nitrogen and oxygen atoms in total. The van der Waals surface area contributed by atoms with Crippen molar-refractivity contribution in [3.05, 3.63) is 0 Å². The summed E-state index contributed by atoms with van der Waals surface area (Å²) in [5.74, 6) is 1.00. The van der Waals surface area contributed by atoms with Crippen LogP contribution in [0.25, 0.3) is 0 Å². The van der Waals surface area contributed by atoms with Gasteiger partial charge in [-0.25, -0.2) is 8.42 Å². The van der Waals surface area contributed by atoms with Crippen molar-refractivity contribution in [3.8, 4) is 0 Å². The Balaban J connectivity index is 0.00000312. The van der Waals surface area contributed by atoms with Crippen molar-refractivity contribution in [2.45, 2.75) is 44.8 Å². The number of nitrogens with zero attached hydrogens (tertiary/aromatic N) is 3. The fraction of sp³-hybridized carbons (Fsp3) is 0.875. The van der Waals surface area contributed by atoms with Gasteiger partial charge in [0.1, 0.15) is 0 Å². The summed E-state index contributed by atoms with van der Waals surface area (Å²) in [5, 5.41) is 3.22. The molecule has 0 atom stereocenters. The maximum Gasteiger partial charge on any atom is 0.224 e. The predicted molar refractivity (Wildman–Crippen MR) is 111 cm³/mol. The van der Waals surface area contributed by atoms with Crippen molar-refractivity contribution >= 4 is 45.7 Å². The third kappa shape index (κ3) is 5.70. The minimum absolute atomic E-state index is 0. The van der Waals surface area contributed by atoms with E-state index in [2.05, 4.69) is 10.3 Å². The van der Waals surface area contributed by atoms with Gasteiger partial charge in [0.25, 0.3) is 0 Å². The molecule has 0 unspecified atom stereocenters. The van der Waals surface area contributed by atoms with Crippen LogP contribution in [0.15, 0.2) is 4.99 Å². The topological polar surface area (TPSA) is 82.1 Å². The molecule has 146 valence electrons. The molecule has 0 aliphatic carbocycles. The van der Waals surface area contributed by atoms with Gasteiger partial charge in [-0.3, -0.25) is 9.79 Å². The first-order valence-corrected chi connectivity index (χ1v) is 10.5. The zero-order valence-electron chi connectivity index (χ0n) is 15.5. The number of sulfone groups is 1. The van der Waals surface area contributed by atoms with Crippen LogP contribution in [-0.4, -0.2) is 79.9 Å². The highest BCUT2D eigenvalue weighted by atomic mass is 127. The first kappa shape index (κ1) is 22.5. The number of aliphatic imine (C=N–C) groups is 1. The molecule has 0 aromatic heterocycles. The van der Waals surface area contributed by atoms with Crippen molar-refractivity contribution in [2.75, 3.05) is 45.0 Å². The number of likely N-dealkylation sites (tertiary alicyclic amines) is 1. The first-order valence-electron chi connectivity index (χ1n) is 8.80. The number of carbonyl (C=O) groups is 1. The average Bonchev–Trinajstić information content (AvgIpc) is 3.03. The van der Waals surface area contributed by atoms with E-state index in [4.69, 9.17) is 0 Å². The molecule has 2 rings (SSSR count). The lowest BCUT2D eigenvalue weighted by atomic mass is 10.2. The van der Waals surface area contributed by atoms with E-state index < -0.39 is 14.6 Å². The van der Waals surface area contributed by atoms with Crippen molar-refractivity contribution in [2.24, 2.45) is 4.99 Å². The van der Waals surface area contributed by atoms with Crippen LogP contribution in [0, 0.1) is 0 Å². The number of amides is 1.